The van der Waals surface area contributed by atoms with Crippen LogP contribution in [0.2, 0.25) is 0 Å². The average Bonchev–Trinajstić information content (AvgIpc) is 3.13. The highest BCUT2D eigenvalue weighted by atomic mass is 16.5. The summed E-state index contributed by atoms with van der Waals surface area (Å²) in [6.07, 6.45) is 0.568. The van der Waals surface area contributed by atoms with E-state index in [0.717, 1.165) is 22.4 Å². The topological polar surface area (TPSA) is 76.1 Å². The lowest BCUT2D eigenvalue weighted by molar-refractivity contribution is -0.139. The molecule has 1 aliphatic rings. The molecular formula is C30H31NO5. The van der Waals surface area contributed by atoms with E-state index in [2.05, 4.69) is 0 Å². The first-order valence-corrected chi connectivity index (χ1v) is 12.0. The van der Waals surface area contributed by atoms with Crippen LogP contribution in [0.1, 0.15) is 42.1 Å². The molecule has 4 rings (SSSR count). The zero-order valence-corrected chi connectivity index (χ0v) is 21.0. The van der Waals surface area contributed by atoms with E-state index < -0.39 is 17.7 Å². The van der Waals surface area contributed by atoms with Gasteiger partial charge in [0.1, 0.15) is 17.3 Å². The summed E-state index contributed by atoms with van der Waals surface area (Å²) in [5.74, 6) is -0.0234. The van der Waals surface area contributed by atoms with Crippen molar-refractivity contribution in [3.63, 3.8) is 0 Å². The summed E-state index contributed by atoms with van der Waals surface area (Å²) in [5, 5.41) is 11.3. The fourth-order valence-electron chi connectivity index (χ4n) is 4.47. The van der Waals surface area contributed by atoms with Gasteiger partial charge < -0.3 is 19.5 Å². The summed E-state index contributed by atoms with van der Waals surface area (Å²) in [6, 6.07) is 21.6. The van der Waals surface area contributed by atoms with Crippen LogP contribution in [0.3, 0.4) is 0 Å². The van der Waals surface area contributed by atoms with Crippen LogP contribution in [-0.2, 0) is 16.0 Å². The van der Waals surface area contributed by atoms with Crippen LogP contribution in [0.15, 0.2) is 78.4 Å². The van der Waals surface area contributed by atoms with Crippen LogP contribution >= 0.6 is 0 Å². The van der Waals surface area contributed by atoms with Crippen LogP contribution in [0.25, 0.3) is 5.76 Å². The second-order valence-corrected chi connectivity index (χ2v) is 9.15. The molecule has 1 fully saturated rings. The van der Waals surface area contributed by atoms with Crippen LogP contribution in [0.5, 0.6) is 11.5 Å². The first-order valence-electron chi connectivity index (χ1n) is 12.0. The lowest BCUT2D eigenvalue weighted by Gasteiger charge is -2.25. The van der Waals surface area contributed by atoms with Gasteiger partial charge >= 0.3 is 0 Å². The third-order valence-electron chi connectivity index (χ3n) is 6.27. The van der Waals surface area contributed by atoms with Crippen molar-refractivity contribution < 1.29 is 24.2 Å². The Bertz CT molecular complexity index is 1280. The van der Waals surface area contributed by atoms with E-state index in [9.17, 15) is 14.7 Å². The van der Waals surface area contributed by atoms with Gasteiger partial charge in [-0.3, -0.25) is 9.59 Å². The van der Waals surface area contributed by atoms with Crippen molar-refractivity contribution in [2.24, 2.45) is 0 Å². The van der Waals surface area contributed by atoms with Gasteiger partial charge in [0, 0.05) is 12.1 Å². The highest BCUT2D eigenvalue weighted by molar-refractivity contribution is 6.46. The Morgan fingerprint density at radius 3 is 2.31 bits per heavy atom. The summed E-state index contributed by atoms with van der Waals surface area (Å²) < 4.78 is 11.0. The Labute approximate surface area is 211 Å². The molecule has 0 spiro atoms. The molecule has 1 saturated heterocycles. The number of likely N-dealkylation sites (tertiary alicyclic amines) is 1. The number of hydrogen-bond acceptors (Lipinski definition) is 5. The van der Waals surface area contributed by atoms with Gasteiger partial charge in [-0.25, -0.2) is 0 Å². The minimum absolute atomic E-state index is 0.0113. The quantitative estimate of drug-likeness (QED) is 0.261. The van der Waals surface area contributed by atoms with Crippen molar-refractivity contribution in [2.45, 2.75) is 39.3 Å². The van der Waals surface area contributed by atoms with Gasteiger partial charge in [0.05, 0.1) is 24.8 Å². The van der Waals surface area contributed by atoms with E-state index in [1.807, 2.05) is 75.4 Å². The van der Waals surface area contributed by atoms with Crippen molar-refractivity contribution in [1.29, 1.82) is 0 Å². The highest BCUT2D eigenvalue weighted by Crippen LogP contribution is 2.40. The number of rotatable bonds is 8. The van der Waals surface area contributed by atoms with E-state index in [4.69, 9.17) is 9.47 Å². The van der Waals surface area contributed by atoms with Crippen molar-refractivity contribution in [3.05, 3.63) is 101 Å². The summed E-state index contributed by atoms with van der Waals surface area (Å²) >= 11 is 0. The smallest absolute Gasteiger partial charge is 0.295 e. The molecule has 186 valence electrons. The number of carbonyl (C=O) groups excluding carboxylic acids is 2. The predicted octanol–water partition coefficient (Wildman–Crippen LogP) is 5.46. The van der Waals surface area contributed by atoms with E-state index in [0.29, 0.717) is 24.3 Å². The van der Waals surface area contributed by atoms with Gasteiger partial charge in [0.25, 0.3) is 11.7 Å². The lowest BCUT2D eigenvalue weighted by Crippen LogP contribution is -2.31. The second-order valence-electron chi connectivity index (χ2n) is 9.15. The van der Waals surface area contributed by atoms with Gasteiger partial charge in [0.15, 0.2) is 0 Å². The molecule has 0 aromatic heterocycles. The number of aliphatic hydroxyl groups excluding tert-OH is 1. The number of nitrogens with zero attached hydrogens (tertiary/aromatic N) is 1. The monoisotopic (exact) mass is 485 g/mol. The Kier molecular flexibility index (Phi) is 7.44. The van der Waals surface area contributed by atoms with Crippen LogP contribution in [-0.4, -0.2) is 41.5 Å². The normalized spacial score (nSPS) is 17.0. The molecule has 6 nitrogen and oxygen atoms in total. The number of carbonyl (C=O) groups is 2. The molecule has 6 heteroatoms. The Morgan fingerprint density at radius 2 is 1.69 bits per heavy atom. The summed E-state index contributed by atoms with van der Waals surface area (Å²) in [6.45, 7) is 6.10. The fraction of sp³-hybridized carbons (Fsp3) is 0.267. The number of methoxy groups -OCH3 is 1. The number of amides is 1. The van der Waals surface area contributed by atoms with Crippen molar-refractivity contribution in [3.8, 4) is 11.5 Å². The van der Waals surface area contributed by atoms with E-state index in [1.165, 1.54) is 0 Å². The molecule has 3 aromatic carbocycles. The van der Waals surface area contributed by atoms with Gasteiger partial charge in [-0.05, 0) is 74.2 Å². The van der Waals surface area contributed by atoms with Crippen LogP contribution in [0.4, 0.5) is 0 Å². The predicted molar refractivity (Wildman–Crippen MR) is 139 cm³/mol. The Hall–Kier alpha value is -4.06. The standard InChI is InChI=1S/C30H31NO5/c1-19(2)36-25-15-12-23(18-20(25)3)28(32)26-27(22-8-6-5-7-9-22)31(30(34)29(26)33)17-16-21-10-13-24(35-4)14-11-21/h5-15,18-19,27,32H,16-17H2,1-4H3/b28-26-. The van der Waals surface area contributed by atoms with Crippen molar-refractivity contribution in [1.82, 2.24) is 4.90 Å². The minimum Gasteiger partial charge on any atom is -0.507 e. The van der Waals surface area contributed by atoms with Gasteiger partial charge in [0.2, 0.25) is 0 Å². The van der Waals surface area contributed by atoms with Crippen molar-refractivity contribution in [2.75, 3.05) is 13.7 Å². The fourth-order valence-corrected chi connectivity index (χ4v) is 4.47. The number of ether oxygens (including phenoxy) is 2. The molecule has 1 aliphatic heterocycles. The lowest BCUT2D eigenvalue weighted by atomic mass is 9.94. The molecule has 1 unspecified atom stereocenters. The molecular weight excluding hydrogens is 454 g/mol. The maximum Gasteiger partial charge on any atom is 0.295 e. The average molecular weight is 486 g/mol. The number of benzene rings is 3. The van der Waals surface area contributed by atoms with E-state index in [1.54, 1.807) is 30.2 Å². The molecule has 0 saturated carbocycles. The molecule has 1 heterocycles. The zero-order valence-electron chi connectivity index (χ0n) is 21.0. The number of Topliss-reactive ketones (excluding diaryl/α,β-unsaturated/α-hetero) is 1. The van der Waals surface area contributed by atoms with Gasteiger partial charge in [-0.2, -0.15) is 0 Å². The van der Waals surface area contributed by atoms with Crippen molar-refractivity contribution >= 4 is 17.4 Å². The molecule has 1 N–H and O–H groups in total. The zero-order chi connectivity index (χ0) is 25.8. The Balaban J connectivity index is 1.71. The second kappa shape index (κ2) is 10.7. The maximum atomic E-state index is 13.3. The van der Waals surface area contributed by atoms with Crippen LogP contribution in [0, 0.1) is 6.92 Å². The number of ketones is 1. The number of aliphatic hydroxyl groups is 1. The SMILES string of the molecule is COc1ccc(CCN2C(=O)C(=O)/C(=C(\O)c3ccc(OC(C)C)c(C)c3)C2c2ccccc2)cc1. The molecule has 1 atom stereocenters. The first-order chi connectivity index (χ1) is 17.3. The summed E-state index contributed by atoms with van der Waals surface area (Å²) in [4.78, 5) is 28.0. The molecule has 3 aromatic rings. The molecule has 0 radical (unpaired) electrons. The third kappa shape index (κ3) is 5.13. The molecule has 36 heavy (non-hydrogen) atoms. The van der Waals surface area contributed by atoms with Crippen LogP contribution < -0.4 is 9.47 Å². The molecule has 0 aliphatic carbocycles. The summed E-state index contributed by atoms with van der Waals surface area (Å²) in [5.41, 5.74) is 3.18. The van der Waals surface area contributed by atoms with E-state index in [-0.39, 0.29) is 17.4 Å². The Morgan fingerprint density at radius 1 is 1.00 bits per heavy atom. The maximum absolute atomic E-state index is 13.3. The highest BCUT2D eigenvalue weighted by Gasteiger charge is 2.45. The molecule has 0 bridgehead atoms. The first kappa shape index (κ1) is 25.0. The van der Waals surface area contributed by atoms with Gasteiger partial charge in [-0.1, -0.05) is 42.5 Å². The minimum atomic E-state index is -0.684. The number of aryl methyl sites for hydroxylation is 1. The van der Waals surface area contributed by atoms with Gasteiger partial charge in [-0.15, -0.1) is 0 Å². The summed E-state index contributed by atoms with van der Waals surface area (Å²) in [7, 11) is 1.61. The molecule has 1 amide bonds. The third-order valence-corrected chi connectivity index (χ3v) is 6.27. The van der Waals surface area contributed by atoms with E-state index >= 15 is 0 Å². The largest absolute Gasteiger partial charge is 0.507 e. The number of hydrogen-bond donors (Lipinski definition) is 1.